The van der Waals surface area contributed by atoms with Gasteiger partial charge in [-0.1, -0.05) is 38.5 Å². The van der Waals surface area contributed by atoms with Crippen molar-refractivity contribution in [3.05, 3.63) is 53.3 Å². The summed E-state index contributed by atoms with van der Waals surface area (Å²) < 4.78 is 19.9. The van der Waals surface area contributed by atoms with Crippen LogP contribution in [0, 0.1) is 11.7 Å². The molecule has 166 valence electrons. The van der Waals surface area contributed by atoms with E-state index in [1.807, 2.05) is 13.0 Å². The summed E-state index contributed by atoms with van der Waals surface area (Å²) in [5.41, 5.74) is 2.38. The van der Waals surface area contributed by atoms with Crippen molar-refractivity contribution in [1.82, 2.24) is 0 Å². The molecular weight excluding hydrogens is 399 g/mol. The number of benzene rings is 2. The Morgan fingerprint density at radius 2 is 1.87 bits per heavy atom. The molecular formula is C24H29FN2O4. The van der Waals surface area contributed by atoms with Gasteiger partial charge in [0.15, 0.2) is 0 Å². The lowest BCUT2D eigenvalue weighted by atomic mass is 9.99. The van der Waals surface area contributed by atoms with Gasteiger partial charge in [-0.15, -0.1) is 0 Å². The average Bonchev–Trinajstić information content (AvgIpc) is 3.54. The Balaban J connectivity index is 1.91. The molecule has 1 aliphatic rings. The number of urea groups is 1. The van der Waals surface area contributed by atoms with E-state index in [1.54, 1.807) is 18.2 Å². The second-order valence-corrected chi connectivity index (χ2v) is 7.85. The van der Waals surface area contributed by atoms with Gasteiger partial charge in [0.25, 0.3) is 0 Å². The number of hydrogen-bond donors (Lipinski definition) is 3. The third-order valence-corrected chi connectivity index (χ3v) is 5.34. The lowest BCUT2D eigenvalue weighted by Gasteiger charge is -2.19. The molecule has 2 aromatic rings. The third kappa shape index (κ3) is 5.75. The monoisotopic (exact) mass is 428 g/mol. The predicted molar refractivity (Wildman–Crippen MR) is 118 cm³/mol. The lowest BCUT2D eigenvalue weighted by molar-refractivity contribution is -0.138. The van der Waals surface area contributed by atoms with Crippen molar-refractivity contribution in [2.45, 2.75) is 51.9 Å². The number of carbonyl (C=O) groups is 2. The minimum atomic E-state index is -0.807. The number of amides is 2. The molecule has 3 N–H and O–H groups in total. The van der Waals surface area contributed by atoms with E-state index in [1.165, 1.54) is 12.1 Å². The van der Waals surface area contributed by atoms with Crippen LogP contribution in [0.25, 0.3) is 0 Å². The number of rotatable bonds is 10. The topological polar surface area (TPSA) is 87.7 Å². The number of carbonyl (C=O) groups excluding carboxylic acids is 1. The fourth-order valence-electron chi connectivity index (χ4n) is 3.62. The Hall–Kier alpha value is -3.09. The van der Waals surface area contributed by atoms with E-state index in [0.29, 0.717) is 24.5 Å². The van der Waals surface area contributed by atoms with Gasteiger partial charge in [-0.25, -0.2) is 9.18 Å². The summed E-state index contributed by atoms with van der Waals surface area (Å²) in [7, 11) is 0. The Morgan fingerprint density at radius 1 is 1.13 bits per heavy atom. The van der Waals surface area contributed by atoms with Crippen LogP contribution in [0.15, 0.2) is 36.4 Å². The van der Waals surface area contributed by atoms with Crippen LogP contribution in [0.5, 0.6) is 5.75 Å². The number of carboxylic acids is 1. The summed E-state index contributed by atoms with van der Waals surface area (Å²) in [6.45, 7) is 4.59. The van der Waals surface area contributed by atoms with Crippen molar-refractivity contribution in [2.75, 3.05) is 17.2 Å². The highest BCUT2D eigenvalue weighted by atomic mass is 19.1. The number of unbranched alkanes of at least 4 members (excludes halogenated alkanes) is 1. The highest BCUT2D eigenvalue weighted by Gasteiger charge is 2.44. The minimum absolute atomic E-state index is 0.0755. The molecule has 2 amide bonds. The van der Waals surface area contributed by atoms with Crippen LogP contribution in [0.4, 0.5) is 20.6 Å². The van der Waals surface area contributed by atoms with Crippen LogP contribution >= 0.6 is 0 Å². The van der Waals surface area contributed by atoms with Crippen LogP contribution in [-0.2, 0) is 11.2 Å². The number of hydrogen-bond acceptors (Lipinski definition) is 3. The maximum atomic E-state index is 13.9. The molecule has 1 saturated carbocycles. The van der Waals surface area contributed by atoms with Crippen LogP contribution in [0.3, 0.4) is 0 Å². The van der Waals surface area contributed by atoms with Gasteiger partial charge >= 0.3 is 12.0 Å². The van der Waals surface area contributed by atoms with Crippen molar-refractivity contribution in [3.8, 4) is 5.75 Å². The zero-order chi connectivity index (χ0) is 22.4. The zero-order valence-corrected chi connectivity index (χ0v) is 17.9. The molecule has 0 aromatic heterocycles. The van der Waals surface area contributed by atoms with Gasteiger partial charge in [0.1, 0.15) is 11.6 Å². The largest absolute Gasteiger partial charge is 0.491 e. The van der Waals surface area contributed by atoms with E-state index in [4.69, 9.17) is 4.74 Å². The van der Waals surface area contributed by atoms with Crippen molar-refractivity contribution < 1.29 is 23.8 Å². The smallest absolute Gasteiger partial charge is 0.323 e. The standard InChI is InChI=1S/C24H29FN2O4/c1-3-5-8-15-12-16(17-14-18(17)23(28)29)13-21(22(15)31-11-4-2)27-24(30)26-20-10-7-6-9-19(20)25/h6-7,9-10,12-13,17-18H,3-5,8,11,14H2,1-2H3,(H,28,29)(H2,26,27,30)/t17-,18-/m0/s1. The van der Waals surface area contributed by atoms with Gasteiger partial charge in [0.05, 0.1) is 23.9 Å². The Kier molecular flexibility index (Phi) is 7.50. The quantitative estimate of drug-likeness (QED) is 0.447. The summed E-state index contributed by atoms with van der Waals surface area (Å²) in [6.07, 6.45) is 4.09. The minimum Gasteiger partial charge on any atom is -0.491 e. The van der Waals surface area contributed by atoms with Crippen molar-refractivity contribution >= 4 is 23.4 Å². The Bertz CT molecular complexity index is 947. The first-order valence-corrected chi connectivity index (χ1v) is 10.8. The van der Waals surface area contributed by atoms with E-state index >= 15 is 0 Å². The summed E-state index contributed by atoms with van der Waals surface area (Å²) in [5.74, 6) is -1.22. The summed E-state index contributed by atoms with van der Waals surface area (Å²) in [5, 5.41) is 14.6. The maximum absolute atomic E-state index is 13.9. The number of anilines is 2. The molecule has 31 heavy (non-hydrogen) atoms. The Morgan fingerprint density at radius 3 is 2.52 bits per heavy atom. The fraction of sp³-hybridized carbons (Fsp3) is 0.417. The average molecular weight is 429 g/mol. The van der Waals surface area contributed by atoms with E-state index in [2.05, 4.69) is 17.6 Å². The van der Waals surface area contributed by atoms with Gasteiger partial charge in [-0.3, -0.25) is 4.79 Å². The van der Waals surface area contributed by atoms with Gasteiger partial charge in [0.2, 0.25) is 0 Å². The third-order valence-electron chi connectivity index (χ3n) is 5.34. The number of nitrogens with one attached hydrogen (secondary N) is 2. The van der Waals surface area contributed by atoms with E-state index < -0.39 is 23.7 Å². The first-order chi connectivity index (χ1) is 14.9. The molecule has 0 spiro atoms. The van der Waals surface area contributed by atoms with Crippen molar-refractivity contribution in [3.63, 3.8) is 0 Å². The number of aryl methyl sites for hydroxylation is 1. The fourth-order valence-corrected chi connectivity index (χ4v) is 3.62. The molecule has 2 aromatic carbocycles. The van der Waals surface area contributed by atoms with Crippen molar-refractivity contribution in [1.29, 1.82) is 0 Å². The summed E-state index contributed by atoms with van der Waals surface area (Å²) in [4.78, 5) is 24.0. The normalized spacial score (nSPS) is 17.1. The summed E-state index contributed by atoms with van der Waals surface area (Å²) in [6, 6.07) is 9.14. The van der Waals surface area contributed by atoms with Gasteiger partial charge < -0.3 is 20.5 Å². The van der Waals surface area contributed by atoms with E-state index in [0.717, 1.165) is 36.8 Å². The second kappa shape index (κ2) is 10.3. The molecule has 0 heterocycles. The first-order valence-electron chi connectivity index (χ1n) is 10.8. The Labute approximate surface area is 181 Å². The molecule has 1 aliphatic carbocycles. The molecule has 6 nitrogen and oxygen atoms in total. The number of carboxylic acid groups (broad SMARTS) is 1. The maximum Gasteiger partial charge on any atom is 0.323 e. The SMILES string of the molecule is CCCCc1cc([C@@H]2C[C@@H]2C(=O)O)cc(NC(=O)Nc2ccccc2F)c1OCCC. The zero-order valence-electron chi connectivity index (χ0n) is 17.9. The molecule has 0 bridgehead atoms. The molecule has 1 fully saturated rings. The van der Waals surface area contributed by atoms with Gasteiger partial charge in [0, 0.05) is 0 Å². The second-order valence-electron chi connectivity index (χ2n) is 7.85. The van der Waals surface area contributed by atoms with Crippen LogP contribution < -0.4 is 15.4 Å². The molecule has 0 saturated heterocycles. The molecule has 3 rings (SSSR count). The van der Waals surface area contributed by atoms with Crippen molar-refractivity contribution in [2.24, 2.45) is 5.92 Å². The molecule has 2 atom stereocenters. The van der Waals surface area contributed by atoms with Gasteiger partial charge in [-0.05, 0) is 60.9 Å². The van der Waals surface area contributed by atoms with Crippen LogP contribution in [-0.4, -0.2) is 23.7 Å². The molecule has 7 heteroatoms. The summed E-state index contributed by atoms with van der Waals surface area (Å²) >= 11 is 0. The lowest BCUT2D eigenvalue weighted by Crippen LogP contribution is -2.21. The molecule has 0 radical (unpaired) electrons. The van der Waals surface area contributed by atoms with E-state index in [9.17, 15) is 19.1 Å². The number of ether oxygens (including phenoxy) is 1. The number of aliphatic carboxylic acids is 1. The highest BCUT2D eigenvalue weighted by molar-refractivity contribution is 6.01. The first kappa shape index (κ1) is 22.6. The number of halogens is 1. The highest BCUT2D eigenvalue weighted by Crippen LogP contribution is 2.49. The number of para-hydroxylation sites is 1. The molecule has 0 unspecified atom stereocenters. The van der Waals surface area contributed by atoms with Crippen LogP contribution in [0.2, 0.25) is 0 Å². The molecule has 0 aliphatic heterocycles. The van der Waals surface area contributed by atoms with Gasteiger partial charge in [-0.2, -0.15) is 0 Å². The van der Waals surface area contributed by atoms with E-state index in [-0.39, 0.29) is 11.6 Å². The van der Waals surface area contributed by atoms with Crippen LogP contribution in [0.1, 0.15) is 56.6 Å². The predicted octanol–water partition coefficient (Wildman–Crippen LogP) is 5.79.